The second-order valence-electron chi connectivity index (χ2n) is 9.10. The lowest BCUT2D eigenvalue weighted by atomic mass is 9.93. The van der Waals surface area contributed by atoms with Crippen molar-refractivity contribution < 1.29 is 55.7 Å². The SMILES string of the molecule is Cc1ccc(C(=O)N2CCC3(CNC(=O)CN3CC3CC3)C2)cn1.O=C(O)C(F)(F)F.O=C(O)C(F)(F)F. The van der Waals surface area contributed by atoms with Gasteiger partial charge in [-0.3, -0.25) is 19.5 Å². The fourth-order valence-electron chi connectivity index (χ4n) is 3.85. The highest BCUT2D eigenvalue weighted by atomic mass is 19.4. The number of hydrogen-bond donors (Lipinski definition) is 3. The number of likely N-dealkylation sites (tertiary alicyclic amines) is 1. The number of aromatic nitrogens is 1. The number of alkyl halides is 6. The number of carbonyl (C=O) groups excluding carboxylic acids is 2. The van der Waals surface area contributed by atoms with Gasteiger partial charge in [0.15, 0.2) is 0 Å². The third kappa shape index (κ3) is 8.85. The molecule has 0 radical (unpaired) electrons. The first-order chi connectivity index (χ1) is 17.4. The minimum atomic E-state index is -5.08. The third-order valence-electron chi connectivity index (χ3n) is 6.06. The van der Waals surface area contributed by atoms with E-state index < -0.39 is 24.3 Å². The highest BCUT2D eigenvalue weighted by molar-refractivity contribution is 5.94. The highest BCUT2D eigenvalue weighted by Crippen LogP contribution is 2.36. The molecular formula is C22H26F6N4O6. The Balaban J connectivity index is 0.000000301. The number of nitrogens with one attached hydrogen (secondary N) is 1. The Morgan fingerprint density at radius 2 is 1.63 bits per heavy atom. The maximum atomic E-state index is 12.8. The Labute approximate surface area is 212 Å². The van der Waals surface area contributed by atoms with Gasteiger partial charge in [0.05, 0.1) is 17.6 Å². The molecule has 10 nitrogen and oxygen atoms in total. The Bertz CT molecular complexity index is 1000. The number of aryl methyl sites for hydroxylation is 1. The zero-order valence-electron chi connectivity index (χ0n) is 20.1. The first-order valence-electron chi connectivity index (χ1n) is 11.3. The minimum absolute atomic E-state index is 0.0441. The Hall–Kier alpha value is -3.43. The summed E-state index contributed by atoms with van der Waals surface area (Å²) < 4.78 is 63.5. The van der Waals surface area contributed by atoms with Crippen LogP contribution in [0.4, 0.5) is 26.3 Å². The van der Waals surface area contributed by atoms with Crippen LogP contribution in [0.15, 0.2) is 18.3 Å². The predicted octanol–water partition coefficient (Wildman–Crippen LogP) is 2.08. The average Bonchev–Trinajstić information content (AvgIpc) is 3.52. The molecule has 1 aliphatic carbocycles. The van der Waals surface area contributed by atoms with Crippen molar-refractivity contribution in [1.82, 2.24) is 20.1 Å². The second-order valence-corrected chi connectivity index (χ2v) is 9.10. The third-order valence-corrected chi connectivity index (χ3v) is 6.06. The quantitative estimate of drug-likeness (QED) is 0.481. The number of halogens is 6. The van der Waals surface area contributed by atoms with Gasteiger partial charge in [-0.1, -0.05) is 0 Å². The molecule has 0 aromatic carbocycles. The zero-order chi connectivity index (χ0) is 28.9. The molecule has 1 spiro atoms. The van der Waals surface area contributed by atoms with Crippen molar-refractivity contribution in [3.05, 3.63) is 29.6 Å². The van der Waals surface area contributed by atoms with Crippen LogP contribution in [0.2, 0.25) is 0 Å². The van der Waals surface area contributed by atoms with Crippen LogP contribution >= 0.6 is 0 Å². The van der Waals surface area contributed by atoms with E-state index in [1.54, 1.807) is 6.20 Å². The van der Waals surface area contributed by atoms with Gasteiger partial charge in [-0.25, -0.2) is 9.59 Å². The molecule has 0 bridgehead atoms. The largest absolute Gasteiger partial charge is 0.490 e. The number of carbonyl (C=O) groups is 4. The summed E-state index contributed by atoms with van der Waals surface area (Å²) in [6, 6.07) is 3.72. The van der Waals surface area contributed by atoms with Crippen LogP contribution in [0.3, 0.4) is 0 Å². The van der Waals surface area contributed by atoms with Crippen molar-refractivity contribution in [2.75, 3.05) is 32.7 Å². The fourth-order valence-corrected chi connectivity index (χ4v) is 3.85. The van der Waals surface area contributed by atoms with Crippen molar-refractivity contribution in [2.45, 2.75) is 44.1 Å². The second kappa shape index (κ2) is 12.0. The Morgan fingerprint density at radius 3 is 2.08 bits per heavy atom. The van der Waals surface area contributed by atoms with E-state index in [9.17, 15) is 35.9 Å². The predicted molar refractivity (Wildman–Crippen MR) is 117 cm³/mol. The number of aliphatic carboxylic acids is 2. The molecule has 2 aliphatic heterocycles. The normalized spacial score (nSPS) is 21.6. The summed E-state index contributed by atoms with van der Waals surface area (Å²) in [7, 11) is 0. The molecule has 2 amide bonds. The van der Waals surface area contributed by atoms with E-state index in [2.05, 4.69) is 15.2 Å². The average molecular weight is 556 g/mol. The number of carboxylic acids is 2. The van der Waals surface area contributed by atoms with Crippen LogP contribution in [0, 0.1) is 12.8 Å². The standard InChI is InChI=1S/C18H24N4O2.2C2HF3O2/c1-13-2-5-15(8-19-13)17(24)21-7-6-18(12-21)11-20-16(23)10-22(18)9-14-3-4-14;2*3-2(4,5)1(6)7/h2,5,8,14H,3-4,6-7,9-12H2,1H3,(H,20,23);2*(H,6,7). The summed E-state index contributed by atoms with van der Waals surface area (Å²) >= 11 is 0. The smallest absolute Gasteiger partial charge is 0.475 e. The van der Waals surface area contributed by atoms with Gasteiger partial charge in [0.25, 0.3) is 5.91 Å². The van der Waals surface area contributed by atoms with E-state index >= 15 is 0 Å². The molecule has 4 rings (SSSR count). The summed E-state index contributed by atoms with van der Waals surface area (Å²) in [6.07, 6.45) is -5.05. The molecule has 3 aliphatic rings. The maximum absolute atomic E-state index is 12.8. The van der Waals surface area contributed by atoms with Crippen LogP contribution in [0.25, 0.3) is 0 Å². The van der Waals surface area contributed by atoms with Gasteiger partial charge in [-0.05, 0) is 44.2 Å². The molecule has 1 aromatic rings. The summed E-state index contributed by atoms with van der Waals surface area (Å²) in [4.78, 5) is 50.9. The Kier molecular flexibility index (Phi) is 9.69. The van der Waals surface area contributed by atoms with Gasteiger partial charge in [0.1, 0.15) is 0 Å². The molecule has 1 saturated carbocycles. The lowest BCUT2D eigenvalue weighted by Crippen LogP contribution is -2.64. The molecule has 212 valence electrons. The Morgan fingerprint density at radius 1 is 1.08 bits per heavy atom. The number of amides is 2. The van der Waals surface area contributed by atoms with Crippen LogP contribution in [-0.2, 0) is 14.4 Å². The van der Waals surface area contributed by atoms with Gasteiger partial charge >= 0.3 is 24.3 Å². The van der Waals surface area contributed by atoms with Crippen LogP contribution in [0.5, 0.6) is 0 Å². The molecule has 3 heterocycles. The molecule has 3 fully saturated rings. The summed E-state index contributed by atoms with van der Waals surface area (Å²) in [5.41, 5.74) is 1.46. The van der Waals surface area contributed by atoms with E-state index in [4.69, 9.17) is 19.8 Å². The van der Waals surface area contributed by atoms with Gasteiger partial charge < -0.3 is 20.4 Å². The number of piperazine rings is 1. The van der Waals surface area contributed by atoms with E-state index in [0.29, 0.717) is 25.2 Å². The molecule has 2 saturated heterocycles. The van der Waals surface area contributed by atoms with E-state index in [-0.39, 0.29) is 17.4 Å². The minimum Gasteiger partial charge on any atom is -0.475 e. The fraction of sp³-hybridized carbons (Fsp3) is 0.591. The molecule has 16 heteroatoms. The lowest BCUT2D eigenvalue weighted by molar-refractivity contribution is -0.193. The van der Waals surface area contributed by atoms with Crippen molar-refractivity contribution in [2.24, 2.45) is 5.92 Å². The molecule has 3 N–H and O–H groups in total. The first kappa shape index (κ1) is 30.8. The van der Waals surface area contributed by atoms with Crippen molar-refractivity contribution >= 4 is 23.8 Å². The molecular weight excluding hydrogens is 530 g/mol. The summed E-state index contributed by atoms with van der Waals surface area (Å²) in [5.74, 6) is -4.63. The van der Waals surface area contributed by atoms with Gasteiger partial charge in [-0.15, -0.1) is 0 Å². The topological polar surface area (TPSA) is 140 Å². The van der Waals surface area contributed by atoms with Crippen molar-refractivity contribution in [3.8, 4) is 0 Å². The molecule has 1 aromatic heterocycles. The zero-order valence-corrected chi connectivity index (χ0v) is 20.1. The van der Waals surface area contributed by atoms with Crippen LogP contribution in [-0.4, -0.2) is 99.4 Å². The molecule has 1 atom stereocenters. The van der Waals surface area contributed by atoms with Crippen molar-refractivity contribution in [3.63, 3.8) is 0 Å². The van der Waals surface area contributed by atoms with Crippen LogP contribution < -0.4 is 5.32 Å². The first-order valence-corrected chi connectivity index (χ1v) is 11.3. The van der Waals surface area contributed by atoms with Gasteiger partial charge in [-0.2, -0.15) is 26.3 Å². The number of pyridine rings is 1. The molecule has 1 unspecified atom stereocenters. The molecule has 38 heavy (non-hydrogen) atoms. The number of nitrogens with zero attached hydrogens (tertiary/aromatic N) is 3. The lowest BCUT2D eigenvalue weighted by Gasteiger charge is -2.44. The van der Waals surface area contributed by atoms with E-state index in [1.807, 2.05) is 24.0 Å². The number of hydrogen-bond acceptors (Lipinski definition) is 6. The maximum Gasteiger partial charge on any atom is 0.490 e. The number of carboxylic acid groups (broad SMARTS) is 2. The van der Waals surface area contributed by atoms with E-state index in [1.165, 1.54) is 12.8 Å². The van der Waals surface area contributed by atoms with Gasteiger partial charge in [0, 0.05) is 38.1 Å². The monoisotopic (exact) mass is 556 g/mol. The summed E-state index contributed by atoms with van der Waals surface area (Å²) in [5, 5.41) is 17.3. The highest BCUT2D eigenvalue weighted by Gasteiger charge is 2.48. The summed E-state index contributed by atoms with van der Waals surface area (Å²) in [6.45, 7) is 5.44. The number of rotatable bonds is 3. The van der Waals surface area contributed by atoms with E-state index in [0.717, 1.165) is 31.1 Å². The van der Waals surface area contributed by atoms with Gasteiger partial charge in [0.2, 0.25) is 5.91 Å². The van der Waals surface area contributed by atoms with Crippen LogP contribution in [0.1, 0.15) is 35.3 Å². The van der Waals surface area contributed by atoms with Crippen molar-refractivity contribution in [1.29, 1.82) is 0 Å².